The van der Waals surface area contributed by atoms with Gasteiger partial charge in [0.25, 0.3) is 11.8 Å². The summed E-state index contributed by atoms with van der Waals surface area (Å²) in [6.07, 6.45) is 6.06. The number of amides is 2. The fourth-order valence-corrected chi connectivity index (χ4v) is 4.53. The van der Waals surface area contributed by atoms with Gasteiger partial charge in [-0.25, -0.2) is 0 Å². The van der Waals surface area contributed by atoms with Gasteiger partial charge in [0, 0.05) is 18.1 Å². The SMILES string of the molecule is CN1C(=O)COc2c(C(=O)NC3CC4CCC3CC4)cc(Cl)cc21. The van der Waals surface area contributed by atoms with Gasteiger partial charge in [-0.3, -0.25) is 9.59 Å². The smallest absolute Gasteiger partial charge is 0.264 e. The summed E-state index contributed by atoms with van der Waals surface area (Å²) in [6.45, 7) is -0.0560. The molecule has 1 atom stereocenters. The molecule has 5 rings (SSSR count). The van der Waals surface area contributed by atoms with Crippen LogP contribution in [0.15, 0.2) is 12.1 Å². The van der Waals surface area contributed by atoms with Crippen molar-refractivity contribution in [2.45, 2.75) is 38.1 Å². The number of nitrogens with one attached hydrogen (secondary N) is 1. The van der Waals surface area contributed by atoms with Crippen molar-refractivity contribution in [2.75, 3.05) is 18.6 Å². The average molecular weight is 349 g/mol. The van der Waals surface area contributed by atoms with Crippen molar-refractivity contribution in [1.82, 2.24) is 5.32 Å². The summed E-state index contributed by atoms with van der Waals surface area (Å²) in [5, 5.41) is 3.61. The first kappa shape index (κ1) is 15.8. The van der Waals surface area contributed by atoms with Crippen LogP contribution in [0.5, 0.6) is 5.75 Å². The minimum absolute atomic E-state index is 0.0560. The van der Waals surface area contributed by atoms with Gasteiger partial charge in [-0.2, -0.15) is 0 Å². The van der Waals surface area contributed by atoms with Crippen LogP contribution in [0.25, 0.3) is 0 Å². The number of ether oxygens (including phenoxy) is 1. The zero-order valence-corrected chi connectivity index (χ0v) is 14.4. The van der Waals surface area contributed by atoms with Crippen molar-refractivity contribution in [3.8, 4) is 5.75 Å². The zero-order chi connectivity index (χ0) is 16.8. The third kappa shape index (κ3) is 2.65. The summed E-state index contributed by atoms with van der Waals surface area (Å²) in [5.41, 5.74) is 0.965. The Labute approximate surface area is 146 Å². The maximum absolute atomic E-state index is 12.8. The van der Waals surface area contributed by atoms with Crippen LogP contribution < -0.4 is 15.0 Å². The summed E-state index contributed by atoms with van der Waals surface area (Å²) >= 11 is 6.17. The van der Waals surface area contributed by atoms with Gasteiger partial charge in [-0.15, -0.1) is 0 Å². The number of rotatable bonds is 2. The highest BCUT2D eigenvalue weighted by molar-refractivity contribution is 6.31. The van der Waals surface area contributed by atoms with Crippen molar-refractivity contribution in [3.63, 3.8) is 0 Å². The highest BCUT2D eigenvalue weighted by Crippen LogP contribution is 2.42. The van der Waals surface area contributed by atoms with Crippen molar-refractivity contribution in [3.05, 3.63) is 22.7 Å². The number of fused-ring (bicyclic) bond motifs is 4. The van der Waals surface area contributed by atoms with Crippen LogP contribution in [0, 0.1) is 11.8 Å². The van der Waals surface area contributed by atoms with Crippen LogP contribution in [0.1, 0.15) is 42.5 Å². The molecule has 2 amide bonds. The number of likely N-dealkylation sites (N-methyl/N-ethyl adjacent to an activating group) is 1. The molecule has 5 nitrogen and oxygen atoms in total. The molecule has 0 saturated heterocycles. The second-order valence-electron chi connectivity index (χ2n) is 7.14. The average Bonchev–Trinajstić information content (AvgIpc) is 2.59. The van der Waals surface area contributed by atoms with Crippen molar-refractivity contribution in [1.29, 1.82) is 0 Å². The molecule has 1 aromatic carbocycles. The minimum Gasteiger partial charge on any atom is -0.481 e. The van der Waals surface area contributed by atoms with Crippen molar-refractivity contribution in [2.24, 2.45) is 11.8 Å². The summed E-state index contributed by atoms with van der Waals surface area (Å²) < 4.78 is 5.55. The Morgan fingerprint density at radius 3 is 2.71 bits per heavy atom. The van der Waals surface area contributed by atoms with E-state index in [1.165, 1.54) is 30.6 Å². The van der Waals surface area contributed by atoms with Crippen LogP contribution in [0.2, 0.25) is 5.02 Å². The first-order valence-corrected chi connectivity index (χ1v) is 8.94. The van der Waals surface area contributed by atoms with E-state index in [1.807, 2.05) is 0 Å². The number of carbonyl (C=O) groups excluding carboxylic acids is 2. The number of nitrogens with zero attached hydrogens (tertiary/aromatic N) is 1. The van der Waals surface area contributed by atoms with E-state index in [-0.39, 0.29) is 24.5 Å². The summed E-state index contributed by atoms with van der Waals surface area (Å²) in [4.78, 5) is 26.1. The summed E-state index contributed by atoms with van der Waals surface area (Å²) in [7, 11) is 1.67. The molecule has 128 valence electrons. The van der Waals surface area contributed by atoms with Crippen LogP contribution in [0.4, 0.5) is 5.69 Å². The molecule has 1 heterocycles. The molecule has 4 aliphatic rings. The van der Waals surface area contributed by atoms with E-state index >= 15 is 0 Å². The van der Waals surface area contributed by atoms with E-state index in [0.717, 1.165) is 12.3 Å². The molecule has 3 saturated carbocycles. The lowest BCUT2D eigenvalue weighted by molar-refractivity contribution is -0.121. The molecule has 24 heavy (non-hydrogen) atoms. The Balaban J connectivity index is 1.61. The number of hydrogen-bond donors (Lipinski definition) is 1. The molecule has 0 spiro atoms. The fraction of sp³-hybridized carbons (Fsp3) is 0.556. The Morgan fingerprint density at radius 1 is 1.29 bits per heavy atom. The maximum atomic E-state index is 12.8. The molecule has 1 aromatic rings. The molecule has 1 unspecified atom stereocenters. The third-order valence-corrected chi connectivity index (χ3v) is 5.94. The van der Waals surface area contributed by atoms with E-state index in [4.69, 9.17) is 16.3 Å². The predicted molar refractivity (Wildman–Crippen MR) is 91.7 cm³/mol. The minimum atomic E-state index is -0.158. The van der Waals surface area contributed by atoms with Gasteiger partial charge >= 0.3 is 0 Å². The van der Waals surface area contributed by atoms with Gasteiger partial charge in [0.1, 0.15) is 0 Å². The zero-order valence-electron chi connectivity index (χ0n) is 13.7. The van der Waals surface area contributed by atoms with E-state index in [0.29, 0.717) is 27.9 Å². The molecule has 3 fully saturated rings. The van der Waals surface area contributed by atoms with Gasteiger partial charge in [0.15, 0.2) is 12.4 Å². The molecule has 1 N–H and O–H groups in total. The van der Waals surface area contributed by atoms with E-state index < -0.39 is 0 Å². The number of benzene rings is 1. The number of halogens is 1. The van der Waals surface area contributed by atoms with Crippen molar-refractivity contribution >= 4 is 29.1 Å². The molecule has 0 radical (unpaired) electrons. The molecule has 6 heteroatoms. The number of carbonyl (C=O) groups is 2. The first-order chi connectivity index (χ1) is 11.5. The van der Waals surface area contributed by atoms with Crippen LogP contribution in [-0.4, -0.2) is 31.5 Å². The molecular weight excluding hydrogens is 328 g/mol. The Hall–Kier alpha value is -1.75. The maximum Gasteiger partial charge on any atom is 0.264 e. The lowest BCUT2D eigenvalue weighted by atomic mass is 9.68. The van der Waals surface area contributed by atoms with E-state index in [1.54, 1.807) is 19.2 Å². The molecule has 0 aromatic heterocycles. The molecule has 3 aliphatic carbocycles. The van der Waals surface area contributed by atoms with Gasteiger partial charge in [0.05, 0.1) is 11.3 Å². The van der Waals surface area contributed by atoms with E-state index in [2.05, 4.69) is 5.32 Å². The summed E-state index contributed by atoms with van der Waals surface area (Å²) in [5.74, 6) is 1.46. The number of hydrogen-bond acceptors (Lipinski definition) is 3. The van der Waals surface area contributed by atoms with Crippen LogP contribution in [-0.2, 0) is 4.79 Å². The number of anilines is 1. The van der Waals surface area contributed by atoms with Gasteiger partial charge in [0.2, 0.25) is 0 Å². The van der Waals surface area contributed by atoms with Gasteiger partial charge in [-0.1, -0.05) is 24.4 Å². The highest BCUT2D eigenvalue weighted by Gasteiger charge is 2.37. The van der Waals surface area contributed by atoms with Crippen molar-refractivity contribution < 1.29 is 14.3 Å². The normalized spacial score (nSPS) is 28.3. The van der Waals surface area contributed by atoms with Crippen LogP contribution >= 0.6 is 11.6 Å². The standard InChI is InChI=1S/C18H21ClN2O3/c1-21-15-8-12(19)7-13(17(15)24-9-16(21)22)18(23)20-14-6-10-2-4-11(14)5-3-10/h7-8,10-11,14H,2-6,9H2,1H3,(H,20,23). The first-order valence-electron chi connectivity index (χ1n) is 8.56. The summed E-state index contributed by atoms with van der Waals surface area (Å²) in [6, 6.07) is 3.52. The lowest BCUT2D eigenvalue weighted by Gasteiger charge is -2.42. The second-order valence-corrected chi connectivity index (χ2v) is 7.58. The third-order valence-electron chi connectivity index (χ3n) is 5.72. The Kier molecular flexibility index (Phi) is 3.91. The highest BCUT2D eigenvalue weighted by atomic mass is 35.5. The fourth-order valence-electron chi connectivity index (χ4n) is 4.31. The Morgan fingerprint density at radius 2 is 2.04 bits per heavy atom. The Bertz CT molecular complexity index is 698. The molecular formula is C18H21ClN2O3. The lowest BCUT2D eigenvalue weighted by Crippen LogP contribution is -2.47. The molecule has 1 aliphatic heterocycles. The predicted octanol–water partition coefficient (Wildman–Crippen LogP) is 3.00. The quantitative estimate of drug-likeness (QED) is 0.893. The topological polar surface area (TPSA) is 58.6 Å². The van der Waals surface area contributed by atoms with Gasteiger partial charge < -0.3 is 15.0 Å². The van der Waals surface area contributed by atoms with E-state index in [9.17, 15) is 9.59 Å². The largest absolute Gasteiger partial charge is 0.481 e. The second kappa shape index (κ2) is 5.96. The monoisotopic (exact) mass is 348 g/mol. The van der Waals surface area contributed by atoms with Gasteiger partial charge in [-0.05, 0) is 43.2 Å². The molecule has 2 bridgehead atoms. The van der Waals surface area contributed by atoms with Crippen LogP contribution in [0.3, 0.4) is 0 Å².